The topological polar surface area (TPSA) is 61.9 Å². The van der Waals surface area contributed by atoms with Gasteiger partial charge in [-0.1, -0.05) is 12.1 Å². The van der Waals surface area contributed by atoms with E-state index in [1.165, 1.54) is 12.1 Å². The summed E-state index contributed by atoms with van der Waals surface area (Å²) in [6, 6.07) is 5.85. The van der Waals surface area contributed by atoms with Crippen molar-refractivity contribution in [3.8, 4) is 0 Å². The highest BCUT2D eigenvalue weighted by atomic mass is 19.1. The summed E-state index contributed by atoms with van der Waals surface area (Å²) in [7, 11) is 0. The molecule has 3 rings (SSSR count). The van der Waals surface area contributed by atoms with Gasteiger partial charge in [-0.25, -0.2) is 14.0 Å². The van der Waals surface area contributed by atoms with Gasteiger partial charge >= 0.3 is 12.1 Å². The Kier molecular flexibility index (Phi) is 4.64. The molecule has 6 nitrogen and oxygen atoms in total. The molecule has 2 aliphatic rings. The number of ether oxygens (including phenoxy) is 1. The van der Waals surface area contributed by atoms with Crippen molar-refractivity contribution < 1.29 is 18.7 Å². The van der Waals surface area contributed by atoms with Crippen molar-refractivity contribution in [1.29, 1.82) is 0 Å². The molecule has 1 N–H and O–H groups in total. The zero-order valence-electron chi connectivity index (χ0n) is 12.8. The highest BCUT2D eigenvalue weighted by Crippen LogP contribution is 2.18. The lowest BCUT2D eigenvalue weighted by Crippen LogP contribution is -2.50. The summed E-state index contributed by atoms with van der Waals surface area (Å²) >= 11 is 0. The van der Waals surface area contributed by atoms with Crippen LogP contribution in [0, 0.1) is 5.82 Å². The number of benzene rings is 1. The number of carbonyl (C=O) groups excluding carboxylic acids is 2. The molecule has 0 aromatic heterocycles. The monoisotopic (exact) mass is 321 g/mol. The third-order valence-electron chi connectivity index (χ3n) is 4.26. The summed E-state index contributed by atoms with van der Waals surface area (Å²) in [5.74, 6) is -0.317. The van der Waals surface area contributed by atoms with E-state index >= 15 is 0 Å². The van der Waals surface area contributed by atoms with Gasteiger partial charge in [-0.05, 0) is 30.5 Å². The number of amides is 3. The van der Waals surface area contributed by atoms with Gasteiger partial charge in [-0.2, -0.15) is 0 Å². The lowest BCUT2D eigenvalue weighted by Gasteiger charge is -2.36. The molecular weight excluding hydrogens is 301 g/mol. The fourth-order valence-electron chi connectivity index (χ4n) is 3.03. The van der Waals surface area contributed by atoms with Crippen LogP contribution >= 0.6 is 0 Å². The highest BCUT2D eigenvalue weighted by Gasteiger charge is 2.33. The Bertz CT molecular complexity index is 578. The van der Waals surface area contributed by atoms with Gasteiger partial charge in [0.1, 0.15) is 12.4 Å². The SMILES string of the molecule is O=C(OCc1ccc(F)cc1)N1CCCC(N2CCNC2=O)C1. The predicted molar refractivity (Wildman–Crippen MR) is 81.3 cm³/mol. The molecule has 3 amide bonds. The van der Waals surface area contributed by atoms with Crippen LogP contribution in [0.5, 0.6) is 0 Å². The van der Waals surface area contributed by atoms with Crippen LogP contribution < -0.4 is 5.32 Å². The number of nitrogens with zero attached hydrogens (tertiary/aromatic N) is 2. The number of hydrogen-bond acceptors (Lipinski definition) is 3. The normalized spacial score (nSPS) is 21.3. The van der Waals surface area contributed by atoms with E-state index in [1.807, 2.05) is 0 Å². The zero-order chi connectivity index (χ0) is 16.2. The lowest BCUT2D eigenvalue weighted by atomic mass is 10.1. The van der Waals surface area contributed by atoms with Gasteiger partial charge in [0.15, 0.2) is 0 Å². The van der Waals surface area contributed by atoms with E-state index in [0.29, 0.717) is 26.2 Å². The number of hydrogen-bond donors (Lipinski definition) is 1. The summed E-state index contributed by atoms with van der Waals surface area (Å²) in [6.07, 6.45) is 1.36. The Hall–Kier alpha value is -2.31. The molecule has 23 heavy (non-hydrogen) atoms. The average molecular weight is 321 g/mol. The molecule has 0 bridgehead atoms. The van der Waals surface area contributed by atoms with Crippen molar-refractivity contribution >= 4 is 12.1 Å². The lowest BCUT2D eigenvalue weighted by molar-refractivity contribution is 0.0712. The van der Waals surface area contributed by atoms with Crippen LogP contribution in [0.2, 0.25) is 0 Å². The Morgan fingerprint density at radius 1 is 1.30 bits per heavy atom. The van der Waals surface area contributed by atoms with Crippen LogP contribution in [-0.2, 0) is 11.3 Å². The number of carbonyl (C=O) groups is 2. The van der Waals surface area contributed by atoms with E-state index in [1.54, 1.807) is 21.9 Å². The first kappa shape index (κ1) is 15.6. The molecule has 1 aromatic rings. The first-order valence-electron chi connectivity index (χ1n) is 7.84. The number of urea groups is 1. The van der Waals surface area contributed by atoms with Gasteiger partial charge in [0, 0.05) is 26.2 Å². The van der Waals surface area contributed by atoms with Gasteiger partial charge < -0.3 is 19.9 Å². The van der Waals surface area contributed by atoms with E-state index in [2.05, 4.69) is 5.32 Å². The summed E-state index contributed by atoms with van der Waals surface area (Å²) in [5.41, 5.74) is 0.743. The fourth-order valence-corrected chi connectivity index (χ4v) is 3.03. The van der Waals surface area contributed by atoms with Crippen molar-refractivity contribution in [1.82, 2.24) is 15.1 Å². The third kappa shape index (κ3) is 3.72. The molecule has 7 heteroatoms. The van der Waals surface area contributed by atoms with Crippen LogP contribution in [0.15, 0.2) is 24.3 Å². The number of nitrogens with one attached hydrogen (secondary N) is 1. The molecule has 2 heterocycles. The Balaban J connectivity index is 1.52. The van der Waals surface area contributed by atoms with Crippen LogP contribution in [0.1, 0.15) is 18.4 Å². The van der Waals surface area contributed by atoms with E-state index in [9.17, 15) is 14.0 Å². The minimum absolute atomic E-state index is 0.0459. The number of halogens is 1. The van der Waals surface area contributed by atoms with Crippen LogP contribution in [0.4, 0.5) is 14.0 Å². The quantitative estimate of drug-likeness (QED) is 0.925. The Morgan fingerprint density at radius 3 is 2.78 bits per heavy atom. The standard InChI is InChI=1S/C16H20FN3O3/c17-13-5-3-12(4-6-13)11-23-16(22)19-8-1-2-14(10-19)20-9-7-18-15(20)21/h3-6,14H,1-2,7-11H2,(H,18,21). The maximum atomic E-state index is 12.8. The van der Waals surface area contributed by atoms with Gasteiger partial charge in [-0.3, -0.25) is 0 Å². The molecule has 0 aliphatic carbocycles. The van der Waals surface area contributed by atoms with Gasteiger partial charge in [-0.15, -0.1) is 0 Å². The van der Waals surface area contributed by atoms with E-state index in [-0.39, 0.29) is 24.5 Å². The molecule has 2 fully saturated rings. The highest BCUT2D eigenvalue weighted by molar-refractivity contribution is 5.76. The summed E-state index contributed by atoms with van der Waals surface area (Å²) in [4.78, 5) is 27.4. The van der Waals surface area contributed by atoms with Gasteiger partial charge in [0.25, 0.3) is 0 Å². The largest absolute Gasteiger partial charge is 0.445 e. The smallest absolute Gasteiger partial charge is 0.410 e. The molecule has 2 aliphatic heterocycles. The molecule has 0 saturated carbocycles. The van der Waals surface area contributed by atoms with Crippen LogP contribution in [0.25, 0.3) is 0 Å². The molecular formula is C16H20FN3O3. The second kappa shape index (κ2) is 6.85. The maximum Gasteiger partial charge on any atom is 0.410 e. The van der Waals surface area contributed by atoms with Crippen molar-refractivity contribution in [2.24, 2.45) is 0 Å². The number of rotatable bonds is 3. The van der Waals surface area contributed by atoms with E-state index in [0.717, 1.165) is 18.4 Å². The first-order chi connectivity index (χ1) is 11.1. The Morgan fingerprint density at radius 2 is 2.09 bits per heavy atom. The summed E-state index contributed by atoms with van der Waals surface area (Å²) in [5, 5.41) is 2.78. The van der Waals surface area contributed by atoms with Gasteiger partial charge in [0.05, 0.1) is 6.04 Å². The first-order valence-corrected chi connectivity index (χ1v) is 7.84. The summed E-state index contributed by atoms with van der Waals surface area (Å²) in [6.45, 7) is 2.58. The van der Waals surface area contributed by atoms with Crippen LogP contribution in [-0.4, -0.2) is 54.1 Å². The van der Waals surface area contributed by atoms with Crippen molar-refractivity contribution in [2.45, 2.75) is 25.5 Å². The molecule has 124 valence electrons. The average Bonchev–Trinajstić information content (AvgIpc) is 3.00. The number of piperidine rings is 1. The van der Waals surface area contributed by atoms with Crippen LogP contribution in [0.3, 0.4) is 0 Å². The molecule has 2 saturated heterocycles. The van der Waals surface area contributed by atoms with E-state index < -0.39 is 6.09 Å². The summed E-state index contributed by atoms with van der Waals surface area (Å²) < 4.78 is 18.1. The zero-order valence-corrected chi connectivity index (χ0v) is 12.8. The van der Waals surface area contributed by atoms with Crippen molar-refractivity contribution in [2.75, 3.05) is 26.2 Å². The second-order valence-electron chi connectivity index (χ2n) is 5.85. The predicted octanol–water partition coefficient (Wildman–Crippen LogP) is 1.95. The molecule has 0 radical (unpaired) electrons. The third-order valence-corrected chi connectivity index (χ3v) is 4.26. The minimum Gasteiger partial charge on any atom is -0.445 e. The van der Waals surface area contributed by atoms with Crippen molar-refractivity contribution in [3.05, 3.63) is 35.6 Å². The fraction of sp³-hybridized carbons (Fsp3) is 0.500. The van der Waals surface area contributed by atoms with Gasteiger partial charge in [0.2, 0.25) is 0 Å². The number of likely N-dealkylation sites (tertiary alicyclic amines) is 1. The second-order valence-corrected chi connectivity index (χ2v) is 5.85. The minimum atomic E-state index is -0.390. The maximum absolute atomic E-state index is 12.8. The van der Waals surface area contributed by atoms with Crippen molar-refractivity contribution in [3.63, 3.8) is 0 Å². The Labute approximate surface area is 134 Å². The molecule has 0 spiro atoms. The molecule has 1 atom stereocenters. The molecule has 1 aromatic carbocycles. The molecule has 1 unspecified atom stereocenters. The van der Waals surface area contributed by atoms with E-state index in [4.69, 9.17) is 4.74 Å².